The van der Waals surface area contributed by atoms with Crippen molar-refractivity contribution in [1.82, 2.24) is 0 Å². The molecule has 0 amide bonds. The third-order valence-electron chi connectivity index (χ3n) is 1.33. The molecular weight excluding hydrogens is 232 g/mol. The number of rotatable bonds is 2. The normalized spacial score (nSPS) is 13.1. The van der Waals surface area contributed by atoms with E-state index in [0.717, 1.165) is 23.8 Å². The molecule has 0 aliphatic heterocycles. The van der Waals surface area contributed by atoms with Crippen LogP contribution in [0.5, 0.6) is 0 Å². The van der Waals surface area contributed by atoms with Crippen LogP contribution in [0.15, 0.2) is 20.6 Å². The highest BCUT2D eigenvalue weighted by Gasteiger charge is 2.21. The summed E-state index contributed by atoms with van der Waals surface area (Å²) < 4.78 is 44.3. The second-order valence-electron chi connectivity index (χ2n) is 2.62. The quantitative estimate of drug-likeness (QED) is 0.757. The number of hydrogen-bond acceptors (Lipinski definition) is 5. The third kappa shape index (κ3) is 2.29. The van der Waals surface area contributed by atoms with Gasteiger partial charge in [0.05, 0.1) is 4.90 Å². The van der Waals surface area contributed by atoms with Gasteiger partial charge in [0.25, 0.3) is 0 Å². The molecule has 0 saturated heterocycles. The molecule has 1 rings (SSSR count). The van der Waals surface area contributed by atoms with Crippen LogP contribution in [-0.4, -0.2) is 29.3 Å². The predicted molar refractivity (Wildman–Crippen MR) is 50.5 cm³/mol. The fourth-order valence-corrected chi connectivity index (χ4v) is 4.85. The minimum atomic E-state index is -3.44. The molecule has 1 aromatic rings. The molecule has 7 heteroatoms. The first-order chi connectivity index (χ1) is 5.73. The van der Waals surface area contributed by atoms with Gasteiger partial charge in [0.15, 0.2) is 19.7 Å². The van der Waals surface area contributed by atoms with E-state index in [1.807, 2.05) is 0 Å². The van der Waals surface area contributed by atoms with Crippen molar-refractivity contribution in [2.75, 3.05) is 12.5 Å². The molecule has 0 aliphatic carbocycles. The Hall–Kier alpha value is -0.400. The summed E-state index contributed by atoms with van der Waals surface area (Å²) in [4.78, 5) is -0.111. The molecule has 0 radical (unpaired) electrons. The zero-order valence-electron chi connectivity index (χ0n) is 7.01. The summed E-state index contributed by atoms with van der Waals surface area (Å²) in [7, 11) is -6.88. The van der Waals surface area contributed by atoms with Gasteiger partial charge in [0, 0.05) is 12.5 Å². The average Bonchev–Trinajstić information content (AvgIpc) is 2.27. The highest BCUT2D eigenvalue weighted by molar-refractivity contribution is 7.95. The maximum absolute atomic E-state index is 11.1. The van der Waals surface area contributed by atoms with Crippen LogP contribution in [0.3, 0.4) is 0 Å². The zero-order valence-corrected chi connectivity index (χ0v) is 9.46. The average molecular weight is 240 g/mol. The minimum absolute atomic E-state index is 0.0880. The number of sulfone groups is 2. The van der Waals surface area contributed by atoms with Crippen molar-refractivity contribution in [1.29, 1.82) is 0 Å². The first kappa shape index (κ1) is 10.7. The molecule has 0 fully saturated rings. The van der Waals surface area contributed by atoms with Gasteiger partial charge in [-0.3, -0.25) is 0 Å². The van der Waals surface area contributed by atoms with E-state index in [1.165, 1.54) is 11.4 Å². The fraction of sp³-hybridized carbons (Fsp3) is 0.333. The summed E-state index contributed by atoms with van der Waals surface area (Å²) >= 11 is 0.916. The van der Waals surface area contributed by atoms with Crippen molar-refractivity contribution < 1.29 is 16.8 Å². The first-order valence-electron chi connectivity index (χ1n) is 3.20. The van der Waals surface area contributed by atoms with Crippen LogP contribution in [0.2, 0.25) is 0 Å². The topological polar surface area (TPSA) is 68.3 Å². The molecule has 0 aromatic carbocycles. The van der Waals surface area contributed by atoms with Crippen LogP contribution >= 0.6 is 11.3 Å². The van der Waals surface area contributed by atoms with Crippen molar-refractivity contribution in [2.45, 2.75) is 9.10 Å². The van der Waals surface area contributed by atoms with Crippen LogP contribution in [0, 0.1) is 0 Å². The summed E-state index contributed by atoms with van der Waals surface area (Å²) in [6.07, 6.45) is 1.98. The van der Waals surface area contributed by atoms with Gasteiger partial charge >= 0.3 is 0 Å². The van der Waals surface area contributed by atoms with Gasteiger partial charge in [0.1, 0.15) is 4.21 Å². The maximum Gasteiger partial charge on any atom is 0.186 e. The van der Waals surface area contributed by atoms with E-state index in [-0.39, 0.29) is 9.10 Å². The Morgan fingerprint density at radius 2 is 1.62 bits per heavy atom. The Morgan fingerprint density at radius 3 is 1.92 bits per heavy atom. The van der Waals surface area contributed by atoms with Crippen molar-refractivity contribution >= 4 is 31.0 Å². The van der Waals surface area contributed by atoms with Crippen LogP contribution < -0.4 is 0 Å². The van der Waals surface area contributed by atoms with Crippen molar-refractivity contribution in [3.8, 4) is 0 Å². The van der Waals surface area contributed by atoms with E-state index in [4.69, 9.17) is 0 Å². The Bertz CT molecular complexity index is 459. The lowest BCUT2D eigenvalue weighted by Gasteiger charge is -1.97. The lowest BCUT2D eigenvalue weighted by molar-refractivity contribution is 0.591. The second-order valence-corrected chi connectivity index (χ2v) is 7.73. The van der Waals surface area contributed by atoms with E-state index in [9.17, 15) is 16.8 Å². The highest BCUT2D eigenvalue weighted by atomic mass is 32.2. The van der Waals surface area contributed by atoms with Crippen LogP contribution in [-0.2, 0) is 19.7 Å². The smallest absolute Gasteiger partial charge is 0.186 e. The molecule has 0 spiro atoms. The molecule has 1 aromatic heterocycles. The van der Waals surface area contributed by atoms with Crippen molar-refractivity contribution in [3.05, 3.63) is 11.4 Å². The van der Waals surface area contributed by atoms with Gasteiger partial charge in [-0.25, -0.2) is 16.8 Å². The van der Waals surface area contributed by atoms with Crippen molar-refractivity contribution in [3.63, 3.8) is 0 Å². The van der Waals surface area contributed by atoms with E-state index >= 15 is 0 Å². The van der Waals surface area contributed by atoms with Crippen molar-refractivity contribution in [2.24, 2.45) is 0 Å². The number of hydrogen-bond donors (Lipinski definition) is 0. The highest BCUT2D eigenvalue weighted by Crippen LogP contribution is 2.26. The predicted octanol–water partition coefficient (Wildman–Crippen LogP) is 0.555. The first-order valence-corrected chi connectivity index (χ1v) is 7.87. The summed E-state index contributed by atoms with van der Waals surface area (Å²) in [6.45, 7) is 0. The van der Waals surface area contributed by atoms with Gasteiger partial charge in [0.2, 0.25) is 0 Å². The molecule has 13 heavy (non-hydrogen) atoms. The molecule has 0 aliphatic rings. The van der Waals surface area contributed by atoms with Crippen LogP contribution in [0.1, 0.15) is 0 Å². The molecule has 0 unspecified atom stereocenters. The molecule has 4 nitrogen and oxygen atoms in total. The fourth-order valence-electron chi connectivity index (χ4n) is 0.829. The molecule has 0 bridgehead atoms. The Morgan fingerprint density at radius 1 is 1.08 bits per heavy atom. The molecular formula is C6H8O4S3. The summed E-state index contributed by atoms with van der Waals surface area (Å²) in [5.41, 5.74) is 0. The second kappa shape index (κ2) is 3.07. The van der Waals surface area contributed by atoms with Gasteiger partial charge in [-0.1, -0.05) is 0 Å². The van der Waals surface area contributed by atoms with Gasteiger partial charge in [-0.05, 0) is 11.4 Å². The lowest BCUT2D eigenvalue weighted by Crippen LogP contribution is -2.03. The van der Waals surface area contributed by atoms with Gasteiger partial charge in [-0.15, -0.1) is 11.3 Å². The molecule has 0 saturated carbocycles. The van der Waals surface area contributed by atoms with E-state index in [2.05, 4.69) is 0 Å². The lowest BCUT2D eigenvalue weighted by atomic mass is 10.7. The molecule has 0 atom stereocenters. The summed E-state index contributed by atoms with van der Waals surface area (Å²) in [5.74, 6) is 0. The molecule has 74 valence electrons. The van der Waals surface area contributed by atoms with Gasteiger partial charge in [-0.2, -0.15) is 0 Å². The Balaban J connectivity index is 3.54. The van der Waals surface area contributed by atoms with E-state index in [0.29, 0.717) is 0 Å². The largest absolute Gasteiger partial charge is 0.224 e. The Labute approximate surface area is 81.1 Å². The standard InChI is InChI=1S/C6H8O4S3/c1-12(7,8)5-3-4-11-6(5)13(2,9)10/h3-4H,1-2H3. The Kier molecular flexibility index (Phi) is 2.52. The summed E-state index contributed by atoms with van der Waals surface area (Å²) in [5, 5.41) is 1.45. The molecule has 0 N–H and O–H groups in total. The summed E-state index contributed by atoms with van der Waals surface area (Å²) in [6, 6.07) is 1.30. The maximum atomic E-state index is 11.1. The van der Waals surface area contributed by atoms with Crippen LogP contribution in [0.4, 0.5) is 0 Å². The molecule has 1 heterocycles. The van der Waals surface area contributed by atoms with E-state index < -0.39 is 19.7 Å². The third-order valence-corrected chi connectivity index (χ3v) is 5.53. The van der Waals surface area contributed by atoms with Crippen LogP contribution in [0.25, 0.3) is 0 Å². The zero-order chi connectivity index (χ0) is 10.3. The monoisotopic (exact) mass is 240 g/mol. The SMILES string of the molecule is CS(=O)(=O)c1ccsc1S(C)(=O)=O. The minimum Gasteiger partial charge on any atom is -0.224 e. The van der Waals surface area contributed by atoms with E-state index in [1.54, 1.807) is 0 Å². The van der Waals surface area contributed by atoms with Gasteiger partial charge < -0.3 is 0 Å². The number of thiophene rings is 1.